The summed E-state index contributed by atoms with van der Waals surface area (Å²) in [5.41, 5.74) is 5.69. The van der Waals surface area contributed by atoms with Crippen LogP contribution in [-0.4, -0.2) is 35.3 Å². The van der Waals surface area contributed by atoms with E-state index in [2.05, 4.69) is 48.6 Å². The average molecular weight is 377 g/mol. The molecular formula is C20H29ClN4O. The number of hydrogen-bond acceptors (Lipinski definition) is 3. The molecule has 0 saturated carbocycles. The molecule has 1 aromatic carbocycles. The maximum atomic E-state index is 12.4. The Morgan fingerprint density at radius 3 is 2.69 bits per heavy atom. The van der Waals surface area contributed by atoms with Crippen LogP contribution in [0.4, 0.5) is 0 Å². The van der Waals surface area contributed by atoms with Crippen LogP contribution < -0.4 is 10.6 Å². The van der Waals surface area contributed by atoms with Crippen LogP contribution in [0.2, 0.25) is 0 Å². The molecule has 3 rings (SSSR count). The van der Waals surface area contributed by atoms with Crippen LogP contribution in [0, 0.1) is 20.8 Å². The first-order valence-corrected chi connectivity index (χ1v) is 9.15. The van der Waals surface area contributed by atoms with Crippen molar-refractivity contribution in [1.29, 1.82) is 0 Å². The van der Waals surface area contributed by atoms with Crippen molar-refractivity contribution in [3.05, 3.63) is 52.3 Å². The summed E-state index contributed by atoms with van der Waals surface area (Å²) < 4.78 is 1.93. The molecular weight excluding hydrogens is 348 g/mol. The first-order chi connectivity index (χ1) is 12.0. The van der Waals surface area contributed by atoms with Crippen LogP contribution in [0.3, 0.4) is 0 Å². The van der Waals surface area contributed by atoms with Gasteiger partial charge in [-0.1, -0.05) is 17.7 Å². The second kappa shape index (κ2) is 9.19. The van der Waals surface area contributed by atoms with Crippen molar-refractivity contribution in [2.24, 2.45) is 0 Å². The molecule has 2 heterocycles. The monoisotopic (exact) mass is 376 g/mol. The molecule has 0 bridgehead atoms. The van der Waals surface area contributed by atoms with Gasteiger partial charge < -0.3 is 10.6 Å². The number of carbonyl (C=O) groups is 1. The van der Waals surface area contributed by atoms with Gasteiger partial charge in [0.1, 0.15) is 5.69 Å². The number of piperidine rings is 1. The van der Waals surface area contributed by atoms with E-state index in [1.165, 1.54) is 22.3 Å². The van der Waals surface area contributed by atoms with E-state index in [1.54, 1.807) is 0 Å². The van der Waals surface area contributed by atoms with Crippen molar-refractivity contribution in [3.63, 3.8) is 0 Å². The van der Waals surface area contributed by atoms with Crippen molar-refractivity contribution in [1.82, 2.24) is 20.4 Å². The van der Waals surface area contributed by atoms with E-state index < -0.39 is 0 Å². The summed E-state index contributed by atoms with van der Waals surface area (Å²) in [6.45, 7) is 9.01. The quantitative estimate of drug-likeness (QED) is 0.842. The molecule has 26 heavy (non-hydrogen) atoms. The minimum atomic E-state index is -0.0927. The Morgan fingerprint density at radius 2 is 2.04 bits per heavy atom. The lowest BCUT2D eigenvalue weighted by Gasteiger charge is -2.22. The molecule has 1 atom stereocenters. The van der Waals surface area contributed by atoms with Gasteiger partial charge in [-0.05, 0) is 69.3 Å². The fraction of sp³-hybridized carbons (Fsp3) is 0.500. The van der Waals surface area contributed by atoms with Gasteiger partial charge in [0, 0.05) is 19.3 Å². The minimum absolute atomic E-state index is 0. The van der Waals surface area contributed by atoms with Crippen molar-refractivity contribution in [3.8, 4) is 0 Å². The molecule has 1 fully saturated rings. The molecule has 0 radical (unpaired) electrons. The average Bonchev–Trinajstić information content (AvgIpc) is 3.08. The molecule has 1 aliphatic rings. The van der Waals surface area contributed by atoms with Gasteiger partial charge >= 0.3 is 0 Å². The van der Waals surface area contributed by atoms with Crippen molar-refractivity contribution in [2.75, 3.05) is 19.6 Å². The largest absolute Gasteiger partial charge is 0.350 e. The Kier molecular flexibility index (Phi) is 7.23. The summed E-state index contributed by atoms with van der Waals surface area (Å²) in [5.74, 6) is -0.0927. The summed E-state index contributed by atoms with van der Waals surface area (Å²) >= 11 is 0. The molecule has 2 aromatic rings. The van der Waals surface area contributed by atoms with Gasteiger partial charge in [0.05, 0.1) is 6.04 Å². The van der Waals surface area contributed by atoms with E-state index in [1.807, 2.05) is 16.9 Å². The van der Waals surface area contributed by atoms with E-state index in [0.717, 1.165) is 32.4 Å². The first kappa shape index (κ1) is 20.5. The molecule has 1 unspecified atom stereocenters. The topological polar surface area (TPSA) is 59.0 Å². The number of aryl methyl sites for hydroxylation is 3. The van der Waals surface area contributed by atoms with Crippen LogP contribution in [0.15, 0.2) is 24.4 Å². The highest BCUT2D eigenvalue weighted by Gasteiger charge is 2.17. The van der Waals surface area contributed by atoms with Crippen LogP contribution in [0.1, 0.15) is 51.6 Å². The maximum absolute atomic E-state index is 12.4. The second-order valence-electron chi connectivity index (χ2n) is 7.06. The lowest BCUT2D eigenvalue weighted by atomic mass is 9.97. The van der Waals surface area contributed by atoms with Crippen molar-refractivity contribution in [2.45, 2.75) is 46.1 Å². The SMILES string of the molecule is Cc1cc(C)c(CCNC(=O)c2ccn(C3CCCNC3)n2)c(C)c1.Cl. The van der Waals surface area contributed by atoms with E-state index in [0.29, 0.717) is 18.3 Å². The van der Waals surface area contributed by atoms with Crippen molar-refractivity contribution < 1.29 is 4.79 Å². The number of rotatable bonds is 5. The smallest absolute Gasteiger partial charge is 0.271 e. The number of carbonyl (C=O) groups excluding carboxylic acids is 1. The summed E-state index contributed by atoms with van der Waals surface area (Å²) in [4.78, 5) is 12.4. The van der Waals surface area contributed by atoms with Crippen LogP contribution in [0.25, 0.3) is 0 Å². The zero-order chi connectivity index (χ0) is 17.8. The van der Waals surface area contributed by atoms with Crippen molar-refractivity contribution >= 4 is 18.3 Å². The Bertz CT molecular complexity index is 727. The predicted octanol–water partition coefficient (Wildman–Crippen LogP) is 3.13. The number of benzene rings is 1. The number of amides is 1. The molecule has 1 amide bonds. The Hall–Kier alpha value is -1.85. The van der Waals surface area contributed by atoms with E-state index in [4.69, 9.17) is 0 Å². The molecule has 142 valence electrons. The van der Waals surface area contributed by atoms with Gasteiger partial charge in [-0.3, -0.25) is 9.48 Å². The number of nitrogens with zero attached hydrogens (tertiary/aromatic N) is 2. The zero-order valence-electron chi connectivity index (χ0n) is 15.8. The predicted molar refractivity (Wildman–Crippen MR) is 107 cm³/mol. The lowest BCUT2D eigenvalue weighted by Crippen LogP contribution is -2.32. The highest BCUT2D eigenvalue weighted by molar-refractivity contribution is 5.92. The summed E-state index contributed by atoms with van der Waals surface area (Å²) in [5, 5.41) is 10.9. The highest BCUT2D eigenvalue weighted by Crippen LogP contribution is 2.17. The van der Waals surface area contributed by atoms with Gasteiger partial charge in [-0.15, -0.1) is 12.4 Å². The van der Waals surface area contributed by atoms with Gasteiger partial charge in [0.15, 0.2) is 0 Å². The molecule has 5 nitrogen and oxygen atoms in total. The fourth-order valence-electron chi connectivity index (χ4n) is 3.72. The second-order valence-corrected chi connectivity index (χ2v) is 7.06. The highest BCUT2D eigenvalue weighted by atomic mass is 35.5. The van der Waals surface area contributed by atoms with Gasteiger partial charge in [0.25, 0.3) is 5.91 Å². The number of halogens is 1. The fourth-order valence-corrected chi connectivity index (χ4v) is 3.72. The van der Waals surface area contributed by atoms with Gasteiger partial charge in [-0.2, -0.15) is 5.10 Å². The minimum Gasteiger partial charge on any atom is -0.350 e. The molecule has 0 spiro atoms. The molecule has 1 saturated heterocycles. The number of nitrogens with one attached hydrogen (secondary N) is 2. The Balaban J connectivity index is 0.00000243. The van der Waals surface area contributed by atoms with Crippen LogP contribution in [0.5, 0.6) is 0 Å². The van der Waals surface area contributed by atoms with E-state index in [-0.39, 0.29) is 18.3 Å². The van der Waals surface area contributed by atoms with Gasteiger partial charge in [0.2, 0.25) is 0 Å². The Morgan fingerprint density at radius 1 is 1.31 bits per heavy atom. The van der Waals surface area contributed by atoms with Crippen LogP contribution >= 0.6 is 12.4 Å². The van der Waals surface area contributed by atoms with Gasteiger partial charge in [-0.25, -0.2) is 0 Å². The first-order valence-electron chi connectivity index (χ1n) is 9.15. The molecule has 1 aliphatic heterocycles. The standard InChI is InChI=1S/C20H28N4O.ClH/c1-14-11-15(2)18(16(3)12-14)6-9-22-20(25)19-7-10-24(23-19)17-5-4-8-21-13-17;/h7,10-12,17,21H,4-6,8-9,13H2,1-3H3,(H,22,25);1H. The number of hydrogen-bond donors (Lipinski definition) is 2. The van der Waals surface area contributed by atoms with E-state index >= 15 is 0 Å². The normalized spacial score (nSPS) is 16.8. The zero-order valence-corrected chi connectivity index (χ0v) is 16.7. The summed E-state index contributed by atoms with van der Waals surface area (Å²) in [6.07, 6.45) is 5.03. The maximum Gasteiger partial charge on any atom is 0.271 e. The third-order valence-electron chi connectivity index (χ3n) is 4.99. The van der Waals surface area contributed by atoms with Crippen LogP contribution in [-0.2, 0) is 6.42 Å². The summed E-state index contributed by atoms with van der Waals surface area (Å²) in [7, 11) is 0. The molecule has 2 N–H and O–H groups in total. The molecule has 0 aliphatic carbocycles. The number of aromatic nitrogens is 2. The lowest BCUT2D eigenvalue weighted by molar-refractivity contribution is 0.0947. The third kappa shape index (κ3) is 4.86. The Labute approximate surface area is 162 Å². The molecule has 1 aromatic heterocycles. The molecule has 6 heteroatoms. The van der Waals surface area contributed by atoms with E-state index in [9.17, 15) is 4.79 Å². The third-order valence-corrected chi connectivity index (χ3v) is 4.99. The summed E-state index contributed by atoms with van der Waals surface area (Å²) in [6, 6.07) is 6.56.